The summed E-state index contributed by atoms with van der Waals surface area (Å²) in [5.74, 6) is 7.52. The van der Waals surface area contributed by atoms with Crippen LogP contribution in [0, 0.1) is 6.92 Å². The van der Waals surface area contributed by atoms with Crippen molar-refractivity contribution in [3.63, 3.8) is 0 Å². The Kier molecular flexibility index (Phi) is 4.73. The number of aromatic nitrogens is 2. The van der Waals surface area contributed by atoms with Crippen LogP contribution in [-0.4, -0.2) is 40.4 Å². The van der Waals surface area contributed by atoms with E-state index in [2.05, 4.69) is 20.7 Å². The Morgan fingerprint density at radius 3 is 2.55 bits per heavy atom. The van der Waals surface area contributed by atoms with Gasteiger partial charge in [0.15, 0.2) is 0 Å². The maximum Gasteiger partial charge on any atom is 0.241 e. The van der Waals surface area contributed by atoms with Gasteiger partial charge in [0.1, 0.15) is 17.5 Å². The molecule has 1 aromatic rings. The maximum absolute atomic E-state index is 12.0. The number of hydrazine groups is 1. The molecule has 0 atom stereocenters. The van der Waals surface area contributed by atoms with Crippen molar-refractivity contribution in [2.24, 2.45) is 5.84 Å². The fourth-order valence-corrected chi connectivity index (χ4v) is 2.27. The zero-order valence-electron chi connectivity index (χ0n) is 12.1. The Labute approximate surface area is 118 Å². The van der Waals surface area contributed by atoms with E-state index in [0.29, 0.717) is 23.9 Å². The molecular weight excluding hydrogens is 256 g/mol. The number of carbonyl (C=O) groups is 1. The molecule has 0 aliphatic carbocycles. The molecule has 0 bridgehead atoms. The lowest BCUT2D eigenvalue weighted by Gasteiger charge is -2.17. The predicted molar refractivity (Wildman–Crippen MR) is 78.3 cm³/mol. The van der Waals surface area contributed by atoms with Crippen molar-refractivity contribution in [3.05, 3.63) is 11.4 Å². The number of likely N-dealkylation sites (tertiary alicyclic amines) is 1. The van der Waals surface area contributed by atoms with Crippen LogP contribution in [0.4, 0.5) is 11.6 Å². The van der Waals surface area contributed by atoms with Gasteiger partial charge in [-0.1, -0.05) is 6.92 Å². The quantitative estimate of drug-likeness (QED) is 0.541. The average molecular weight is 278 g/mol. The molecule has 1 amide bonds. The van der Waals surface area contributed by atoms with Gasteiger partial charge in [-0.05, 0) is 19.8 Å². The van der Waals surface area contributed by atoms with E-state index in [9.17, 15) is 4.79 Å². The monoisotopic (exact) mass is 278 g/mol. The second-order valence-corrected chi connectivity index (χ2v) is 4.90. The van der Waals surface area contributed by atoms with Crippen LogP contribution in [0.3, 0.4) is 0 Å². The normalized spacial score (nSPS) is 14.4. The lowest BCUT2D eigenvalue weighted by Crippen LogP contribution is -2.33. The van der Waals surface area contributed by atoms with Crippen LogP contribution in [0.1, 0.15) is 31.2 Å². The lowest BCUT2D eigenvalue weighted by atomic mass is 10.3. The van der Waals surface area contributed by atoms with Crippen molar-refractivity contribution >= 4 is 17.5 Å². The molecule has 110 valence electrons. The molecule has 1 aromatic heterocycles. The molecule has 1 saturated heterocycles. The van der Waals surface area contributed by atoms with Crippen LogP contribution < -0.4 is 16.6 Å². The highest BCUT2D eigenvalue weighted by atomic mass is 16.2. The summed E-state index contributed by atoms with van der Waals surface area (Å²) in [5.41, 5.74) is 3.39. The van der Waals surface area contributed by atoms with Crippen molar-refractivity contribution in [3.8, 4) is 0 Å². The number of hydrogen-bond donors (Lipinski definition) is 3. The van der Waals surface area contributed by atoms with Crippen molar-refractivity contribution in [2.75, 3.05) is 30.4 Å². The Bertz CT molecular complexity index is 484. The van der Waals surface area contributed by atoms with E-state index in [0.717, 1.165) is 31.5 Å². The minimum Gasteiger partial charge on any atom is -0.361 e. The average Bonchev–Trinajstić information content (AvgIpc) is 3.00. The topological polar surface area (TPSA) is 96.2 Å². The molecule has 4 N–H and O–H groups in total. The number of rotatable bonds is 5. The van der Waals surface area contributed by atoms with E-state index in [4.69, 9.17) is 5.84 Å². The van der Waals surface area contributed by atoms with E-state index < -0.39 is 0 Å². The highest BCUT2D eigenvalue weighted by molar-refractivity contribution is 5.81. The van der Waals surface area contributed by atoms with Gasteiger partial charge >= 0.3 is 0 Å². The summed E-state index contributed by atoms with van der Waals surface area (Å²) in [5, 5.41) is 3.10. The van der Waals surface area contributed by atoms with E-state index in [-0.39, 0.29) is 12.5 Å². The predicted octanol–water partition coefficient (Wildman–Crippen LogP) is 0.667. The SMILES string of the molecule is CCc1nc(NN)c(C)c(NCC(=O)N2CCCC2)n1. The molecule has 1 fully saturated rings. The molecule has 7 nitrogen and oxygen atoms in total. The van der Waals surface area contributed by atoms with E-state index in [1.54, 1.807) is 0 Å². The van der Waals surface area contributed by atoms with Crippen LogP contribution in [0.5, 0.6) is 0 Å². The van der Waals surface area contributed by atoms with Gasteiger partial charge in [0, 0.05) is 25.1 Å². The number of nitrogen functional groups attached to an aromatic ring is 1. The summed E-state index contributed by atoms with van der Waals surface area (Å²) in [4.78, 5) is 22.6. The molecular formula is C13H22N6O. The number of amides is 1. The van der Waals surface area contributed by atoms with Gasteiger partial charge < -0.3 is 15.6 Å². The van der Waals surface area contributed by atoms with Crippen molar-refractivity contribution in [1.29, 1.82) is 0 Å². The third-order valence-electron chi connectivity index (χ3n) is 3.51. The summed E-state index contributed by atoms with van der Waals surface area (Å²) in [6.45, 7) is 5.82. The molecule has 1 aliphatic rings. The van der Waals surface area contributed by atoms with Crippen LogP contribution in [-0.2, 0) is 11.2 Å². The highest BCUT2D eigenvalue weighted by Gasteiger charge is 2.18. The van der Waals surface area contributed by atoms with Gasteiger partial charge in [-0.3, -0.25) is 4.79 Å². The van der Waals surface area contributed by atoms with Gasteiger partial charge in [0.2, 0.25) is 5.91 Å². The standard InChI is InChI=1S/C13H22N6O/c1-3-10-16-12(9(2)13(17-10)18-14)15-8-11(20)19-6-4-5-7-19/h3-8,14H2,1-2H3,(H2,15,16,17,18). The summed E-state index contributed by atoms with van der Waals surface area (Å²) in [6, 6.07) is 0. The first kappa shape index (κ1) is 14.5. The molecule has 0 spiro atoms. The highest BCUT2D eigenvalue weighted by Crippen LogP contribution is 2.19. The van der Waals surface area contributed by atoms with Crippen molar-refractivity contribution < 1.29 is 4.79 Å². The van der Waals surface area contributed by atoms with Gasteiger partial charge in [-0.15, -0.1) is 0 Å². The summed E-state index contributed by atoms with van der Waals surface area (Å²) in [6.07, 6.45) is 2.91. The number of nitrogens with one attached hydrogen (secondary N) is 2. The molecule has 0 aromatic carbocycles. The first-order chi connectivity index (χ1) is 9.65. The van der Waals surface area contributed by atoms with E-state index in [1.165, 1.54) is 0 Å². The first-order valence-corrected chi connectivity index (χ1v) is 7.01. The number of carbonyl (C=O) groups excluding carboxylic acids is 1. The van der Waals surface area contributed by atoms with Crippen LogP contribution >= 0.6 is 0 Å². The zero-order chi connectivity index (χ0) is 14.5. The molecule has 7 heteroatoms. The molecule has 20 heavy (non-hydrogen) atoms. The Morgan fingerprint density at radius 1 is 1.30 bits per heavy atom. The summed E-state index contributed by atoms with van der Waals surface area (Å²) < 4.78 is 0. The molecule has 2 heterocycles. The smallest absolute Gasteiger partial charge is 0.241 e. The molecule has 0 saturated carbocycles. The number of nitrogens with two attached hydrogens (primary N) is 1. The van der Waals surface area contributed by atoms with Crippen LogP contribution in [0.2, 0.25) is 0 Å². The number of aryl methyl sites for hydroxylation is 1. The van der Waals surface area contributed by atoms with Crippen molar-refractivity contribution in [1.82, 2.24) is 14.9 Å². The van der Waals surface area contributed by atoms with Crippen LogP contribution in [0.15, 0.2) is 0 Å². The molecule has 1 aliphatic heterocycles. The van der Waals surface area contributed by atoms with Crippen molar-refractivity contribution in [2.45, 2.75) is 33.1 Å². The third kappa shape index (κ3) is 3.16. The molecule has 2 rings (SSSR count). The molecule has 0 radical (unpaired) electrons. The number of nitrogens with zero attached hydrogens (tertiary/aromatic N) is 3. The number of hydrogen-bond acceptors (Lipinski definition) is 6. The van der Waals surface area contributed by atoms with E-state index in [1.807, 2.05) is 18.7 Å². The fourth-order valence-electron chi connectivity index (χ4n) is 2.27. The minimum absolute atomic E-state index is 0.112. The lowest BCUT2D eigenvalue weighted by molar-refractivity contribution is -0.128. The Morgan fingerprint density at radius 2 is 1.95 bits per heavy atom. The summed E-state index contributed by atoms with van der Waals surface area (Å²) in [7, 11) is 0. The molecule has 0 unspecified atom stereocenters. The third-order valence-corrected chi connectivity index (χ3v) is 3.51. The largest absolute Gasteiger partial charge is 0.361 e. The first-order valence-electron chi connectivity index (χ1n) is 7.01. The maximum atomic E-state index is 12.0. The second kappa shape index (κ2) is 6.51. The van der Waals surface area contributed by atoms with Gasteiger partial charge in [0.25, 0.3) is 0 Å². The van der Waals surface area contributed by atoms with Crippen LogP contribution in [0.25, 0.3) is 0 Å². The second-order valence-electron chi connectivity index (χ2n) is 4.90. The Hall–Kier alpha value is -1.89. The fraction of sp³-hybridized carbons (Fsp3) is 0.615. The Balaban J connectivity index is 2.06. The van der Waals surface area contributed by atoms with Gasteiger partial charge in [-0.25, -0.2) is 15.8 Å². The number of anilines is 2. The van der Waals surface area contributed by atoms with Gasteiger partial charge in [-0.2, -0.15) is 0 Å². The minimum atomic E-state index is 0.112. The van der Waals surface area contributed by atoms with Gasteiger partial charge in [0.05, 0.1) is 6.54 Å². The van der Waals surface area contributed by atoms with E-state index >= 15 is 0 Å². The zero-order valence-corrected chi connectivity index (χ0v) is 12.1. The summed E-state index contributed by atoms with van der Waals surface area (Å²) >= 11 is 0.